The Morgan fingerprint density at radius 2 is 2.08 bits per heavy atom. The van der Waals surface area contributed by atoms with Crippen LogP contribution in [0.4, 0.5) is 0 Å². The van der Waals surface area contributed by atoms with Crippen LogP contribution >= 0.6 is 11.6 Å². The van der Waals surface area contributed by atoms with Crippen LogP contribution in [0.15, 0.2) is 24.3 Å². The van der Waals surface area contributed by atoms with Gasteiger partial charge in [-0.2, -0.15) is 0 Å². The highest BCUT2D eigenvalue weighted by atomic mass is 35.5. The van der Waals surface area contributed by atoms with E-state index in [1.54, 1.807) is 0 Å². The van der Waals surface area contributed by atoms with Gasteiger partial charge in [0.25, 0.3) is 0 Å². The molecule has 2 heteroatoms. The van der Waals surface area contributed by atoms with Crippen molar-refractivity contribution < 1.29 is 0 Å². The Morgan fingerprint density at radius 3 is 2.62 bits per heavy atom. The van der Waals surface area contributed by atoms with E-state index >= 15 is 0 Å². The van der Waals surface area contributed by atoms with Crippen LogP contribution in [0.2, 0.25) is 5.02 Å². The van der Waals surface area contributed by atoms with Gasteiger partial charge in [0.05, 0.1) is 0 Å². The molecule has 1 nitrogen and oxygen atoms in total. The topological polar surface area (TPSA) is 12.0 Å². The standard InChI is InChI=1S/C11H12ClN/c12-10-3-1-8(2-4-10)11-5-9(11)6-13-7-11/h1-4,9,13H,5-7H2/t9-,11-/m0/s1. The second-order valence-corrected chi connectivity index (χ2v) is 4.63. The van der Waals surface area contributed by atoms with Crippen LogP contribution in [0, 0.1) is 5.92 Å². The summed E-state index contributed by atoms with van der Waals surface area (Å²) < 4.78 is 0. The lowest BCUT2D eigenvalue weighted by atomic mass is 9.95. The Morgan fingerprint density at radius 1 is 1.31 bits per heavy atom. The van der Waals surface area contributed by atoms with Crippen molar-refractivity contribution in [3.05, 3.63) is 34.9 Å². The molecular weight excluding hydrogens is 182 g/mol. The van der Waals surface area contributed by atoms with Crippen LogP contribution < -0.4 is 5.32 Å². The van der Waals surface area contributed by atoms with Gasteiger partial charge < -0.3 is 5.32 Å². The molecule has 2 aliphatic rings. The fraction of sp³-hybridized carbons (Fsp3) is 0.455. The third-order valence-electron chi connectivity index (χ3n) is 3.48. The van der Waals surface area contributed by atoms with Crippen molar-refractivity contribution in [2.24, 2.45) is 5.92 Å². The number of halogens is 1. The monoisotopic (exact) mass is 193 g/mol. The summed E-state index contributed by atoms with van der Waals surface area (Å²) in [5.74, 6) is 0.883. The van der Waals surface area contributed by atoms with Crippen molar-refractivity contribution in [1.29, 1.82) is 0 Å². The molecule has 2 fully saturated rings. The van der Waals surface area contributed by atoms with Gasteiger partial charge in [0, 0.05) is 17.0 Å². The highest BCUT2D eigenvalue weighted by molar-refractivity contribution is 6.30. The van der Waals surface area contributed by atoms with Gasteiger partial charge in [0.2, 0.25) is 0 Å². The summed E-state index contributed by atoms with van der Waals surface area (Å²) in [6, 6.07) is 8.35. The molecule has 3 rings (SSSR count). The minimum atomic E-state index is 0.477. The van der Waals surface area contributed by atoms with Crippen LogP contribution in [-0.4, -0.2) is 13.1 Å². The number of rotatable bonds is 1. The van der Waals surface area contributed by atoms with Crippen LogP contribution in [0.3, 0.4) is 0 Å². The molecule has 1 aromatic carbocycles. The van der Waals surface area contributed by atoms with E-state index in [1.807, 2.05) is 12.1 Å². The van der Waals surface area contributed by atoms with E-state index in [9.17, 15) is 0 Å². The van der Waals surface area contributed by atoms with E-state index in [4.69, 9.17) is 11.6 Å². The zero-order chi connectivity index (χ0) is 8.89. The Bertz CT molecular complexity index is 332. The summed E-state index contributed by atoms with van der Waals surface area (Å²) >= 11 is 5.86. The molecule has 0 unspecified atom stereocenters. The van der Waals surface area contributed by atoms with E-state index in [0.717, 1.165) is 17.5 Å². The Hall–Kier alpha value is -0.530. The second-order valence-electron chi connectivity index (χ2n) is 4.19. The SMILES string of the molecule is Clc1ccc([C@]23CNC[C@@H]2C3)cc1. The van der Waals surface area contributed by atoms with Gasteiger partial charge in [-0.3, -0.25) is 0 Å². The molecule has 68 valence electrons. The summed E-state index contributed by atoms with van der Waals surface area (Å²) in [4.78, 5) is 0. The first-order chi connectivity index (χ1) is 6.31. The number of benzene rings is 1. The van der Waals surface area contributed by atoms with Gasteiger partial charge in [-0.1, -0.05) is 23.7 Å². The smallest absolute Gasteiger partial charge is 0.0406 e. The number of hydrogen-bond acceptors (Lipinski definition) is 1. The molecule has 2 atom stereocenters. The maximum Gasteiger partial charge on any atom is 0.0406 e. The van der Waals surface area contributed by atoms with Crippen molar-refractivity contribution in [2.75, 3.05) is 13.1 Å². The molecule has 1 saturated heterocycles. The zero-order valence-electron chi connectivity index (χ0n) is 7.39. The fourth-order valence-corrected chi connectivity index (χ4v) is 2.70. The third kappa shape index (κ3) is 1.04. The predicted octanol–water partition coefficient (Wildman–Crippen LogP) is 2.20. The lowest BCUT2D eigenvalue weighted by Crippen LogP contribution is -2.18. The normalized spacial score (nSPS) is 35.9. The predicted molar refractivity (Wildman–Crippen MR) is 54.1 cm³/mol. The van der Waals surface area contributed by atoms with Gasteiger partial charge in [-0.15, -0.1) is 0 Å². The fourth-order valence-electron chi connectivity index (χ4n) is 2.57. The van der Waals surface area contributed by atoms with Crippen molar-refractivity contribution in [3.63, 3.8) is 0 Å². The molecule has 0 radical (unpaired) electrons. The minimum absolute atomic E-state index is 0.477. The average Bonchev–Trinajstić information content (AvgIpc) is 2.71. The van der Waals surface area contributed by atoms with E-state index in [-0.39, 0.29) is 0 Å². The first kappa shape index (κ1) is 7.84. The Labute approximate surface area is 83.1 Å². The summed E-state index contributed by atoms with van der Waals surface area (Å²) in [6.07, 6.45) is 1.36. The molecule has 0 bridgehead atoms. The zero-order valence-corrected chi connectivity index (χ0v) is 8.14. The van der Waals surface area contributed by atoms with Crippen LogP contribution in [0.1, 0.15) is 12.0 Å². The number of hydrogen-bond donors (Lipinski definition) is 1. The molecule has 0 spiro atoms. The van der Waals surface area contributed by atoms with Gasteiger partial charge in [0.1, 0.15) is 0 Å². The van der Waals surface area contributed by atoms with Crippen molar-refractivity contribution >= 4 is 11.6 Å². The molecule has 1 heterocycles. The van der Waals surface area contributed by atoms with E-state index in [0.29, 0.717) is 5.41 Å². The first-order valence-electron chi connectivity index (χ1n) is 4.78. The summed E-state index contributed by atoms with van der Waals surface area (Å²) in [7, 11) is 0. The van der Waals surface area contributed by atoms with Crippen molar-refractivity contribution in [2.45, 2.75) is 11.8 Å². The van der Waals surface area contributed by atoms with E-state index in [2.05, 4.69) is 17.4 Å². The molecule has 1 N–H and O–H groups in total. The maximum absolute atomic E-state index is 5.86. The molecule has 13 heavy (non-hydrogen) atoms. The number of piperidine rings is 1. The van der Waals surface area contributed by atoms with E-state index in [1.165, 1.54) is 18.5 Å². The van der Waals surface area contributed by atoms with Crippen LogP contribution in [-0.2, 0) is 5.41 Å². The molecule has 1 aliphatic heterocycles. The molecular formula is C11H12ClN. The summed E-state index contributed by atoms with van der Waals surface area (Å²) in [5.41, 5.74) is 1.94. The number of fused-ring (bicyclic) bond motifs is 1. The highest BCUT2D eigenvalue weighted by Crippen LogP contribution is 2.56. The lowest BCUT2D eigenvalue weighted by Gasteiger charge is -2.11. The van der Waals surface area contributed by atoms with Crippen molar-refractivity contribution in [3.8, 4) is 0 Å². The summed E-state index contributed by atoms with van der Waals surface area (Å²) in [5, 5.41) is 4.28. The number of nitrogens with one attached hydrogen (secondary N) is 1. The average molecular weight is 194 g/mol. The van der Waals surface area contributed by atoms with Gasteiger partial charge >= 0.3 is 0 Å². The van der Waals surface area contributed by atoms with Gasteiger partial charge in [-0.05, 0) is 36.6 Å². The van der Waals surface area contributed by atoms with E-state index < -0.39 is 0 Å². The van der Waals surface area contributed by atoms with Crippen LogP contribution in [0.25, 0.3) is 0 Å². The Balaban J connectivity index is 1.97. The van der Waals surface area contributed by atoms with Crippen LogP contribution in [0.5, 0.6) is 0 Å². The van der Waals surface area contributed by atoms with Gasteiger partial charge in [-0.25, -0.2) is 0 Å². The summed E-state index contributed by atoms with van der Waals surface area (Å²) in [6.45, 7) is 2.35. The minimum Gasteiger partial charge on any atom is -0.316 e. The maximum atomic E-state index is 5.86. The Kier molecular flexibility index (Phi) is 1.50. The first-order valence-corrected chi connectivity index (χ1v) is 5.16. The molecule has 1 aromatic rings. The quantitative estimate of drug-likeness (QED) is 0.721. The molecule has 0 aromatic heterocycles. The van der Waals surface area contributed by atoms with Crippen molar-refractivity contribution in [1.82, 2.24) is 5.32 Å². The highest BCUT2D eigenvalue weighted by Gasteiger charge is 2.57. The van der Waals surface area contributed by atoms with Gasteiger partial charge in [0.15, 0.2) is 0 Å². The molecule has 1 aliphatic carbocycles. The lowest BCUT2D eigenvalue weighted by molar-refractivity contribution is 0.676. The second kappa shape index (κ2) is 2.49. The third-order valence-corrected chi connectivity index (χ3v) is 3.73. The molecule has 1 saturated carbocycles. The largest absolute Gasteiger partial charge is 0.316 e. The molecule has 0 amide bonds.